The van der Waals surface area contributed by atoms with Gasteiger partial charge in [0.05, 0.1) is 19.1 Å². The average Bonchev–Trinajstić information content (AvgIpc) is 2.75. The maximum Gasteiger partial charge on any atom is 0.350 e. The van der Waals surface area contributed by atoms with Crippen LogP contribution in [0.25, 0.3) is 0 Å². The molecular weight excluding hydrogens is 396 g/mol. The molecule has 0 spiro atoms. The van der Waals surface area contributed by atoms with Crippen LogP contribution in [0.1, 0.15) is 97.8 Å². The minimum Gasteiger partial charge on any atom is -0.465 e. The molecule has 0 aromatic heterocycles. The average molecular weight is 439 g/mol. The van der Waals surface area contributed by atoms with Gasteiger partial charge in [-0.1, -0.05) is 65.9 Å². The van der Waals surface area contributed by atoms with E-state index >= 15 is 0 Å². The summed E-state index contributed by atoms with van der Waals surface area (Å²) in [7, 11) is 0. The Hall–Kier alpha value is -1.85. The third kappa shape index (κ3) is 10.3. The summed E-state index contributed by atoms with van der Waals surface area (Å²) in [6.07, 6.45) is 11.1. The van der Waals surface area contributed by atoms with E-state index in [9.17, 15) is 14.4 Å². The molecule has 0 N–H and O–H groups in total. The highest BCUT2D eigenvalue weighted by Crippen LogP contribution is 2.37. The molecule has 2 atom stereocenters. The molecule has 6 nitrogen and oxygen atoms in total. The molecule has 1 aliphatic rings. The van der Waals surface area contributed by atoms with E-state index in [1.807, 2.05) is 6.92 Å². The van der Waals surface area contributed by atoms with E-state index in [0.29, 0.717) is 25.9 Å². The molecular formula is C25H42O6. The van der Waals surface area contributed by atoms with Crippen molar-refractivity contribution in [3.8, 4) is 0 Å². The van der Waals surface area contributed by atoms with Gasteiger partial charge in [0.2, 0.25) is 5.60 Å². The summed E-state index contributed by atoms with van der Waals surface area (Å²) in [4.78, 5) is 37.2. The second-order valence-corrected chi connectivity index (χ2v) is 9.02. The van der Waals surface area contributed by atoms with Crippen LogP contribution in [0.2, 0.25) is 0 Å². The Labute approximate surface area is 188 Å². The van der Waals surface area contributed by atoms with Crippen molar-refractivity contribution in [3.63, 3.8) is 0 Å². The Kier molecular flexibility index (Phi) is 13.2. The molecule has 1 saturated carbocycles. The van der Waals surface area contributed by atoms with Gasteiger partial charge < -0.3 is 14.2 Å². The highest BCUT2D eigenvalue weighted by atomic mass is 16.6. The van der Waals surface area contributed by atoms with Gasteiger partial charge in [-0.2, -0.15) is 0 Å². The molecule has 1 rings (SSSR count). The van der Waals surface area contributed by atoms with E-state index in [4.69, 9.17) is 14.2 Å². The van der Waals surface area contributed by atoms with Crippen LogP contribution in [-0.2, 0) is 28.6 Å². The van der Waals surface area contributed by atoms with Crippen molar-refractivity contribution in [1.29, 1.82) is 0 Å². The lowest BCUT2D eigenvalue weighted by Gasteiger charge is -2.37. The minimum absolute atomic E-state index is 0.103. The topological polar surface area (TPSA) is 78.9 Å². The smallest absolute Gasteiger partial charge is 0.350 e. The van der Waals surface area contributed by atoms with Crippen molar-refractivity contribution in [1.82, 2.24) is 0 Å². The zero-order valence-corrected chi connectivity index (χ0v) is 19.8. The predicted octanol–water partition coefficient (Wildman–Crippen LogP) is 5.53. The fraction of sp³-hybridized carbons (Fsp3) is 0.800. The lowest BCUT2D eigenvalue weighted by molar-refractivity contribution is -0.188. The van der Waals surface area contributed by atoms with Crippen LogP contribution in [0, 0.1) is 11.8 Å². The van der Waals surface area contributed by atoms with Crippen LogP contribution in [-0.4, -0.2) is 36.7 Å². The molecule has 6 heteroatoms. The zero-order valence-electron chi connectivity index (χ0n) is 19.8. The molecule has 0 aromatic rings. The largest absolute Gasteiger partial charge is 0.465 e. The Morgan fingerprint density at radius 1 is 1.03 bits per heavy atom. The molecule has 0 heterocycles. The van der Waals surface area contributed by atoms with E-state index in [1.165, 1.54) is 19.3 Å². The first-order valence-corrected chi connectivity index (χ1v) is 12.0. The van der Waals surface area contributed by atoms with Gasteiger partial charge in [-0.05, 0) is 38.0 Å². The second-order valence-electron chi connectivity index (χ2n) is 9.02. The second kappa shape index (κ2) is 15.0. The van der Waals surface area contributed by atoms with Gasteiger partial charge in [-0.3, -0.25) is 4.79 Å². The summed E-state index contributed by atoms with van der Waals surface area (Å²) in [5, 5.41) is 0. The van der Waals surface area contributed by atoms with Gasteiger partial charge in [0.1, 0.15) is 0 Å². The maximum atomic E-state index is 12.8. The first-order valence-electron chi connectivity index (χ1n) is 12.0. The first-order chi connectivity index (χ1) is 14.8. The number of rotatable bonds is 15. The van der Waals surface area contributed by atoms with Crippen molar-refractivity contribution in [3.05, 3.63) is 12.7 Å². The van der Waals surface area contributed by atoms with Crippen LogP contribution >= 0.6 is 0 Å². The third-order valence-corrected chi connectivity index (χ3v) is 5.78. The summed E-state index contributed by atoms with van der Waals surface area (Å²) >= 11 is 0. The molecule has 1 fully saturated rings. The number of esters is 3. The summed E-state index contributed by atoms with van der Waals surface area (Å²) in [5.41, 5.74) is -1.43. The maximum absolute atomic E-state index is 12.8. The highest BCUT2D eigenvalue weighted by molar-refractivity contribution is 5.88. The Morgan fingerprint density at radius 3 is 2.39 bits per heavy atom. The van der Waals surface area contributed by atoms with Gasteiger partial charge >= 0.3 is 17.9 Å². The van der Waals surface area contributed by atoms with Crippen LogP contribution in [0.3, 0.4) is 0 Å². The van der Waals surface area contributed by atoms with Gasteiger partial charge in [-0.15, -0.1) is 0 Å². The quantitative estimate of drug-likeness (QED) is 0.145. The molecule has 0 radical (unpaired) electrons. The van der Waals surface area contributed by atoms with Crippen molar-refractivity contribution in [2.45, 2.75) is 103 Å². The summed E-state index contributed by atoms with van der Waals surface area (Å²) < 4.78 is 16.3. The van der Waals surface area contributed by atoms with E-state index in [1.54, 1.807) is 0 Å². The Bertz CT molecular complexity index is 570. The number of carbonyl (C=O) groups is 3. The normalized spacial score (nSPS) is 20.8. The fourth-order valence-electron chi connectivity index (χ4n) is 3.91. The number of hydrogen-bond acceptors (Lipinski definition) is 6. The number of carbonyl (C=O) groups excluding carboxylic acids is 3. The summed E-state index contributed by atoms with van der Waals surface area (Å²) in [6, 6.07) is 0. The first kappa shape index (κ1) is 27.2. The van der Waals surface area contributed by atoms with Crippen molar-refractivity contribution < 1.29 is 28.6 Å². The van der Waals surface area contributed by atoms with Gasteiger partial charge in [0.25, 0.3) is 0 Å². The van der Waals surface area contributed by atoms with Crippen molar-refractivity contribution in [2.75, 3.05) is 13.2 Å². The van der Waals surface area contributed by atoms with Crippen molar-refractivity contribution >= 4 is 17.9 Å². The standard InChI is InChI=1S/C25H42O6/c1-5-7-17-30-24(28)25(31-22(26)6-2)16-13-15-21(19-25)23(27)29-18-12-10-8-9-11-14-20(3)4/h6,20-21H,2,5,7-19H2,1,3-4H3. The molecule has 0 aliphatic heterocycles. The molecule has 2 unspecified atom stereocenters. The summed E-state index contributed by atoms with van der Waals surface area (Å²) in [5.74, 6) is -1.30. The number of ether oxygens (including phenoxy) is 3. The Balaban J connectivity index is 2.52. The molecule has 178 valence electrons. The zero-order chi connectivity index (χ0) is 23.1. The highest BCUT2D eigenvalue weighted by Gasteiger charge is 2.49. The third-order valence-electron chi connectivity index (χ3n) is 5.78. The fourth-order valence-corrected chi connectivity index (χ4v) is 3.91. The van der Waals surface area contributed by atoms with E-state index in [0.717, 1.165) is 44.1 Å². The predicted molar refractivity (Wildman–Crippen MR) is 120 cm³/mol. The molecule has 0 bridgehead atoms. The summed E-state index contributed by atoms with van der Waals surface area (Å²) in [6.45, 7) is 10.6. The van der Waals surface area contributed by atoms with E-state index < -0.39 is 23.5 Å². The van der Waals surface area contributed by atoms with Crippen LogP contribution in [0.15, 0.2) is 12.7 Å². The molecule has 0 aromatic carbocycles. The molecule has 31 heavy (non-hydrogen) atoms. The molecule has 0 saturated heterocycles. The van der Waals surface area contributed by atoms with E-state index in [-0.39, 0.29) is 19.0 Å². The SMILES string of the molecule is C=CC(=O)OC1(C(=O)OCCCC)CCCC(C(=O)OCCCCCCCC(C)C)C1. The molecule has 0 amide bonds. The van der Waals surface area contributed by atoms with Crippen LogP contribution in [0.5, 0.6) is 0 Å². The van der Waals surface area contributed by atoms with Gasteiger partial charge in [0, 0.05) is 12.5 Å². The van der Waals surface area contributed by atoms with E-state index in [2.05, 4.69) is 20.4 Å². The lowest BCUT2D eigenvalue weighted by Crippen LogP contribution is -2.49. The number of unbranched alkanes of at least 4 members (excludes halogenated alkanes) is 5. The van der Waals surface area contributed by atoms with Crippen molar-refractivity contribution in [2.24, 2.45) is 11.8 Å². The monoisotopic (exact) mass is 438 g/mol. The van der Waals surface area contributed by atoms with Crippen LogP contribution < -0.4 is 0 Å². The number of hydrogen-bond donors (Lipinski definition) is 0. The lowest BCUT2D eigenvalue weighted by atomic mass is 9.77. The van der Waals surface area contributed by atoms with Gasteiger partial charge in [-0.25, -0.2) is 9.59 Å². The minimum atomic E-state index is -1.43. The van der Waals surface area contributed by atoms with Crippen LogP contribution in [0.4, 0.5) is 0 Å². The Morgan fingerprint density at radius 2 is 1.71 bits per heavy atom. The molecule has 1 aliphatic carbocycles. The van der Waals surface area contributed by atoms with Gasteiger partial charge in [0.15, 0.2) is 0 Å².